The molecule has 0 aromatic carbocycles. The molecule has 3 aliphatic rings. The molecule has 11 nitrogen and oxygen atoms in total. The number of nitrogens with zero attached hydrogens (tertiary/aromatic N) is 7. The third kappa shape index (κ3) is 4.23. The minimum atomic E-state index is -0.630. The van der Waals surface area contributed by atoms with E-state index in [1.54, 1.807) is 6.08 Å². The standard InChI is InChI=1S/C21H27N7O4/c1-15-17(2-3-19(23-15)28-14-22-24-25-28)18(29)11-26-6-4-21(5-7-26)13-27(8-9-32-21)16-10-20(30)31-12-16/h2-3,10,14,18,29H,4-9,11-13H2,1H3. The SMILES string of the molecule is Cc1nc(-n2cnnn2)ccc1C(O)CN1CCC2(CC1)CN(C1=CC(=O)OC1)CCO2. The number of morpholine rings is 1. The number of aliphatic hydroxyl groups excluding tert-OH is 1. The van der Waals surface area contributed by atoms with Crippen LogP contribution in [0.5, 0.6) is 0 Å². The Balaban J connectivity index is 1.18. The molecule has 0 amide bonds. The highest BCUT2D eigenvalue weighted by atomic mass is 16.5. The fourth-order valence-electron chi connectivity index (χ4n) is 4.73. The predicted octanol–water partition coefficient (Wildman–Crippen LogP) is 0.00662. The second-order valence-electron chi connectivity index (χ2n) is 8.61. The first-order valence-electron chi connectivity index (χ1n) is 10.9. The highest BCUT2D eigenvalue weighted by Crippen LogP contribution is 2.33. The summed E-state index contributed by atoms with van der Waals surface area (Å²) in [6.07, 6.45) is 4.21. The Kier molecular flexibility index (Phi) is 5.62. The van der Waals surface area contributed by atoms with Crippen molar-refractivity contribution in [3.05, 3.63) is 41.5 Å². The van der Waals surface area contributed by atoms with Crippen LogP contribution in [0.3, 0.4) is 0 Å². The summed E-state index contributed by atoms with van der Waals surface area (Å²) in [5.74, 6) is 0.354. The zero-order valence-corrected chi connectivity index (χ0v) is 18.1. The monoisotopic (exact) mass is 441 g/mol. The molecular weight excluding hydrogens is 414 g/mol. The van der Waals surface area contributed by atoms with E-state index in [1.165, 1.54) is 11.0 Å². The topological polar surface area (TPSA) is 119 Å². The van der Waals surface area contributed by atoms with Crippen LogP contribution in [0, 0.1) is 6.92 Å². The van der Waals surface area contributed by atoms with Crippen molar-refractivity contribution < 1.29 is 19.4 Å². The summed E-state index contributed by atoms with van der Waals surface area (Å²) in [5, 5.41) is 22.0. The number of hydrogen-bond donors (Lipinski definition) is 1. The molecule has 1 unspecified atom stereocenters. The quantitative estimate of drug-likeness (QED) is 0.636. The van der Waals surface area contributed by atoms with Crippen LogP contribution in [0.2, 0.25) is 0 Å². The number of carbonyl (C=O) groups excluding carboxylic acids is 1. The number of ether oxygens (including phenoxy) is 2. The van der Waals surface area contributed by atoms with Gasteiger partial charge in [-0.25, -0.2) is 9.78 Å². The zero-order chi connectivity index (χ0) is 22.1. The van der Waals surface area contributed by atoms with E-state index in [1.807, 2.05) is 19.1 Å². The fraction of sp³-hybridized carbons (Fsp3) is 0.571. The molecule has 170 valence electrons. The van der Waals surface area contributed by atoms with Crippen LogP contribution in [0.15, 0.2) is 30.2 Å². The Hall–Kier alpha value is -2.89. The third-order valence-electron chi connectivity index (χ3n) is 6.55. The maximum Gasteiger partial charge on any atom is 0.333 e. The summed E-state index contributed by atoms with van der Waals surface area (Å²) < 4.78 is 12.8. The van der Waals surface area contributed by atoms with E-state index in [0.29, 0.717) is 25.6 Å². The van der Waals surface area contributed by atoms with Gasteiger partial charge < -0.3 is 24.4 Å². The number of likely N-dealkylation sites (tertiary alicyclic amines) is 1. The number of aromatic nitrogens is 5. The Morgan fingerprint density at radius 1 is 1.25 bits per heavy atom. The van der Waals surface area contributed by atoms with Crippen LogP contribution in [0.4, 0.5) is 0 Å². The number of carbonyl (C=O) groups is 1. The molecule has 0 saturated carbocycles. The number of hydrogen-bond acceptors (Lipinski definition) is 10. The highest BCUT2D eigenvalue weighted by molar-refractivity contribution is 5.85. The number of pyridine rings is 1. The van der Waals surface area contributed by atoms with E-state index in [9.17, 15) is 9.90 Å². The summed E-state index contributed by atoms with van der Waals surface area (Å²) in [7, 11) is 0. The fourth-order valence-corrected chi connectivity index (χ4v) is 4.73. The second kappa shape index (κ2) is 8.57. The number of cyclic esters (lactones) is 1. The minimum Gasteiger partial charge on any atom is -0.456 e. The van der Waals surface area contributed by atoms with Gasteiger partial charge in [0.15, 0.2) is 5.82 Å². The molecule has 2 saturated heterocycles. The third-order valence-corrected chi connectivity index (χ3v) is 6.55. The lowest BCUT2D eigenvalue weighted by Crippen LogP contribution is -2.56. The number of aryl methyl sites for hydroxylation is 1. The molecular formula is C21H27N7O4. The normalized spacial score (nSPS) is 22.1. The smallest absolute Gasteiger partial charge is 0.333 e. The molecule has 11 heteroatoms. The Bertz CT molecular complexity index is 1000. The van der Waals surface area contributed by atoms with Crippen LogP contribution in [0.1, 0.15) is 30.2 Å². The van der Waals surface area contributed by atoms with Crippen LogP contribution < -0.4 is 0 Å². The summed E-state index contributed by atoms with van der Waals surface area (Å²) in [6.45, 7) is 6.66. The average Bonchev–Trinajstić information content (AvgIpc) is 3.48. The predicted molar refractivity (Wildman–Crippen MR) is 112 cm³/mol. The van der Waals surface area contributed by atoms with E-state index >= 15 is 0 Å². The Morgan fingerprint density at radius 2 is 2.09 bits per heavy atom. The van der Waals surface area contributed by atoms with Crippen molar-refractivity contribution in [1.82, 2.24) is 35.0 Å². The number of β-amino-alcohol motifs (C(OH)–C–C–N with tert-alkyl or cyclic N) is 1. The number of piperidine rings is 1. The van der Waals surface area contributed by atoms with Gasteiger partial charge in [0, 0.05) is 50.1 Å². The highest BCUT2D eigenvalue weighted by Gasteiger charge is 2.41. The lowest BCUT2D eigenvalue weighted by molar-refractivity contribution is -0.136. The largest absolute Gasteiger partial charge is 0.456 e. The van der Waals surface area contributed by atoms with Crippen molar-refractivity contribution >= 4 is 5.97 Å². The van der Waals surface area contributed by atoms with Crippen molar-refractivity contribution in [2.75, 3.05) is 45.9 Å². The molecule has 5 heterocycles. The molecule has 2 fully saturated rings. The Morgan fingerprint density at radius 3 is 2.78 bits per heavy atom. The van der Waals surface area contributed by atoms with Gasteiger partial charge in [-0.3, -0.25) is 0 Å². The molecule has 3 aliphatic heterocycles. The summed E-state index contributed by atoms with van der Waals surface area (Å²) in [5.41, 5.74) is 2.30. The van der Waals surface area contributed by atoms with Crippen LogP contribution in [-0.4, -0.2) is 97.6 Å². The van der Waals surface area contributed by atoms with Crippen molar-refractivity contribution in [1.29, 1.82) is 0 Å². The van der Waals surface area contributed by atoms with Crippen LogP contribution in [-0.2, 0) is 14.3 Å². The van der Waals surface area contributed by atoms with Gasteiger partial charge in [0.05, 0.1) is 24.0 Å². The molecule has 1 N–H and O–H groups in total. The molecule has 0 bridgehead atoms. The molecule has 1 spiro atoms. The van der Waals surface area contributed by atoms with E-state index in [4.69, 9.17) is 9.47 Å². The first-order valence-corrected chi connectivity index (χ1v) is 10.9. The average molecular weight is 441 g/mol. The lowest BCUT2D eigenvalue weighted by atomic mass is 9.88. The molecule has 0 aliphatic carbocycles. The van der Waals surface area contributed by atoms with E-state index in [-0.39, 0.29) is 11.6 Å². The molecule has 2 aromatic heterocycles. The van der Waals surface area contributed by atoms with Gasteiger partial charge in [0.1, 0.15) is 12.9 Å². The maximum atomic E-state index is 11.4. The summed E-state index contributed by atoms with van der Waals surface area (Å²) in [6, 6.07) is 3.69. The lowest BCUT2D eigenvalue weighted by Gasteiger charge is -2.48. The first kappa shape index (κ1) is 21.0. The van der Waals surface area contributed by atoms with E-state index in [2.05, 4.69) is 30.3 Å². The molecule has 2 aromatic rings. The molecule has 32 heavy (non-hydrogen) atoms. The van der Waals surface area contributed by atoms with Crippen molar-refractivity contribution in [3.63, 3.8) is 0 Å². The molecule has 0 radical (unpaired) electrons. The maximum absolute atomic E-state index is 11.4. The van der Waals surface area contributed by atoms with Crippen molar-refractivity contribution in [3.8, 4) is 5.82 Å². The van der Waals surface area contributed by atoms with Gasteiger partial charge in [-0.15, -0.1) is 5.10 Å². The van der Waals surface area contributed by atoms with Gasteiger partial charge >= 0.3 is 5.97 Å². The second-order valence-corrected chi connectivity index (χ2v) is 8.61. The number of esters is 1. The minimum absolute atomic E-state index is 0.211. The van der Waals surface area contributed by atoms with Gasteiger partial charge in [-0.2, -0.15) is 4.68 Å². The number of rotatable bonds is 5. The zero-order valence-electron chi connectivity index (χ0n) is 18.1. The van der Waals surface area contributed by atoms with Gasteiger partial charge in [-0.05, 0) is 36.3 Å². The van der Waals surface area contributed by atoms with Crippen LogP contribution >= 0.6 is 0 Å². The molecule has 5 rings (SSSR count). The van der Waals surface area contributed by atoms with E-state index < -0.39 is 6.10 Å². The Labute approximate surface area is 185 Å². The van der Waals surface area contributed by atoms with Gasteiger partial charge in [-0.1, -0.05) is 6.07 Å². The first-order chi connectivity index (χ1) is 15.5. The summed E-state index contributed by atoms with van der Waals surface area (Å²) >= 11 is 0. The van der Waals surface area contributed by atoms with Crippen molar-refractivity contribution in [2.45, 2.75) is 31.5 Å². The molecule has 1 atom stereocenters. The number of aliphatic hydroxyl groups is 1. The van der Waals surface area contributed by atoms with Gasteiger partial charge in [0.25, 0.3) is 0 Å². The van der Waals surface area contributed by atoms with E-state index in [0.717, 1.165) is 56.0 Å². The van der Waals surface area contributed by atoms with Crippen LogP contribution in [0.25, 0.3) is 5.82 Å². The number of tetrazole rings is 1. The van der Waals surface area contributed by atoms with Gasteiger partial charge in [0.2, 0.25) is 0 Å². The van der Waals surface area contributed by atoms with Crippen molar-refractivity contribution in [2.24, 2.45) is 0 Å². The summed E-state index contributed by atoms with van der Waals surface area (Å²) in [4.78, 5) is 20.4.